The summed E-state index contributed by atoms with van der Waals surface area (Å²) in [5.74, 6) is -0.864. The van der Waals surface area contributed by atoms with Crippen molar-refractivity contribution in [3.63, 3.8) is 0 Å². The van der Waals surface area contributed by atoms with Crippen LogP contribution in [0.3, 0.4) is 0 Å². The Morgan fingerprint density at radius 3 is 2.43 bits per heavy atom. The smallest absolute Gasteiger partial charge is 0.419 e. The van der Waals surface area contributed by atoms with Gasteiger partial charge in [0.1, 0.15) is 17.3 Å². The quantitative estimate of drug-likeness (QED) is 0.906. The van der Waals surface area contributed by atoms with Crippen LogP contribution >= 0.6 is 0 Å². The molecular formula is C15H22N2O4. The Labute approximate surface area is 124 Å². The molecule has 0 atom stereocenters. The highest BCUT2D eigenvalue weighted by Crippen LogP contribution is 2.38. The first-order valence-electron chi connectivity index (χ1n) is 7.26. The van der Waals surface area contributed by atoms with E-state index in [1.807, 2.05) is 0 Å². The lowest BCUT2D eigenvalue weighted by Gasteiger charge is -2.31. The summed E-state index contributed by atoms with van der Waals surface area (Å²) in [5.41, 5.74) is -1.12. The van der Waals surface area contributed by atoms with Gasteiger partial charge in [-0.15, -0.1) is 0 Å². The van der Waals surface area contributed by atoms with E-state index in [-0.39, 0.29) is 0 Å². The van der Waals surface area contributed by atoms with E-state index in [9.17, 15) is 14.7 Å². The molecule has 1 aliphatic rings. The van der Waals surface area contributed by atoms with Gasteiger partial charge in [0, 0.05) is 6.20 Å². The lowest BCUT2D eigenvalue weighted by molar-refractivity contribution is -0.145. The maximum Gasteiger partial charge on any atom is 0.419 e. The Bertz CT molecular complexity index is 536. The van der Waals surface area contributed by atoms with Gasteiger partial charge in [0.25, 0.3) is 0 Å². The molecule has 6 heteroatoms. The Hall–Kier alpha value is -1.85. The maximum atomic E-state index is 12.0. The Morgan fingerprint density at radius 1 is 1.29 bits per heavy atom. The molecule has 0 spiro atoms. The lowest BCUT2D eigenvalue weighted by atomic mass is 9.72. The van der Waals surface area contributed by atoms with Gasteiger partial charge in [-0.2, -0.15) is 0 Å². The number of hydrogen-bond acceptors (Lipinski definition) is 4. The second-order valence-corrected chi connectivity index (χ2v) is 6.59. The van der Waals surface area contributed by atoms with Gasteiger partial charge in [0.2, 0.25) is 0 Å². The van der Waals surface area contributed by atoms with E-state index in [2.05, 4.69) is 4.98 Å². The lowest BCUT2D eigenvalue weighted by Crippen LogP contribution is -2.38. The van der Waals surface area contributed by atoms with Crippen molar-refractivity contribution in [3.05, 3.63) is 18.2 Å². The van der Waals surface area contributed by atoms with Crippen LogP contribution < -0.4 is 0 Å². The van der Waals surface area contributed by atoms with Gasteiger partial charge in [-0.3, -0.25) is 4.79 Å². The highest BCUT2D eigenvalue weighted by molar-refractivity contribution is 5.81. The molecule has 0 unspecified atom stereocenters. The largest absolute Gasteiger partial charge is 0.481 e. The third kappa shape index (κ3) is 3.25. The number of aromatic nitrogens is 2. The molecule has 6 nitrogen and oxygen atoms in total. The highest BCUT2D eigenvalue weighted by Gasteiger charge is 2.43. The van der Waals surface area contributed by atoms with Crippen LogP contribution in [-0.2, 0) is 14.9 Å². The normalized spacial score (nSPS) is 18.2. The number of hydrogen-bond donors (Lipinski definition) is 1. The zero-order chi connectivity index (χ0) is 15.7. The van der Waals surface area contributed by atoms with Gasteiger partial charge >= 0.3 is 12.1 Å². The first-order valence-corrected chi connectivity index (χ1v) is 7.26. The van der Waals surface area contributed by atoms with Crippen molar-refractivity contribution in [2.75, 3.05) is 0 Å². The Kier molecular flexibility index (Phi) is 4.07. The minimum absolute atomic E-state index is 0.445. The van der Waals surface area contributed by atoms with Crippen LogP contribution in [0.4, 0.5) is 4.79 Å². The summed E-state index contributed by atoms with van der Waals surface area (Å²) in [6.07, 6.45) is 6.19. The molecule has 0 aliphatic heterocycles. The van der Waals surface area contributed by atoms with Gasteiger partial charge in [0.05, 0.1) is 5.69 Å². The molecule has 0 radical (unpaired) electrons. The third-order valence-electron chi connectivity index (χ3n) is 3.79. The zero-order valence-electron chi connectivity index (χ0n) is 12.8. The molecule has 0 saturated heterocycles. The summed E-state index contributed by atoms with van der Waals surface area (Å²) in [5, 5.41) is 9.61. The van der Waals surface area contributed by atoms with E-state index >= 15 is 0 Å². The van der Waals surface area contributed by atoms with E-state index in [0.29, 0.717) is 18.5 Å². The van der Waals surface area contributed by atoms with E-state index in [0.717, 1.165) is 19.3 Å². The van der Waals surface area contributed by atoms with Crippen molar-refractivity contribution in [2.45, 2.75) is 63.9 Å². The molecule has 2 rings (SSSR count). The van der Waals surface area contributed by atoms with Crippen LogP contribution in [-0.4, -0.2) is 32.3 Å². The predicted octanol–water partition coefficient (Wildman–Crippen LogP) is 2.95. The van der Waals surface area contributed by atoms with Gasteiger partial charge in [0.15, 0.2) is 0 Å². The van der Waals surface area contributed by atoms with E-state index in [4.69, 9.17) is 4.74 Å². The minimum atomic E-state index is -0.967. The highest BCUT2D eigenvalue weighted by atomic mass is 16.6. The number of nitrogens with zero attached hydrogens (tertiary/aromatic N) is 2. The number of carboxylic acid groups (broad SMARTS) is 1. The molecule has 116 valence electrons. The number of carboxylic acids is 1. The van der Waals surface area contributed by atoms with Crippen molar-refractivity contribution >= 4 is 12.1 Å². The molecular weight excluding hydrogens is 272 g/mol. The summed E-state index contributed by atoms with van der Waals surface area (Å²) < 4.78 is 6.48. The number of carbonyl (C=O) groups is 2. The number of aliphatic carboxylic acids is 1. The zero-order valence-corrected chi connectivity index (χ0v) is 12.8. The summed E-state index contributed by atoms with van der Waals surface area (Å²) in [6.45, 7) is 5.34. The molecule has 1 heterocycles. The van der Waals surface area contributed by atoms with Crippen LogP contribution in [0.15, 0.2) is 12.5 Å². The van der Waals surface area contributed by atoms with Gasteiger partial charge in [-0.1, -0.05) is 19.3 Å². The predicted molar refractivity (Wildman–Crippen MR) is 76.3 cm³/mol. The van der Waals surface area contributed by atoms with Crippen LogP contribution in [0.25, 0.3) is 0 Å². The molecule has 1 saturated carbocycles. The molecule has 1 aromatic rings. The summed E-state index contributed by atoms with van der Waals surface area (Å²) >= 11 is 0. The Morgan fingerprint density at radius 2 is 1.90 bits per heavy atom. The van der Waals surface area contributed by atoms with E-state index in [1.165, 1.54) is 17.1 Å². The standard InChI is InChI=1S/C15H22N2O4/c1-14(2,3)21-13(20)17-9-11(16-10-17)15(12(18)19)7-5-4-6-8-15/h9-10H,4-8H2,1-3H3,(H,18,19). The SMILES string of the molecule is CC(C)(C)OC(=O)n1cnc(C2(C(=O)O)CCCCC2)c1. The second kappa shape index (κ2) is 5.50. The maximum absolute atomic E-state index is 12.0. The summed E-state index contributed by atoms with van der Waals surface area (Å²) in [6, 6.07) is 0. The molecule has 0 amide bonds. The van der Waals surface area contributed by atoms with Crippen LogP contribution in [0.2, 0.25) is 0 Å². The summed E-state index contributed by atoms with van der Waals surface area (Å²) in [4.78, 5) is 27.9. The average Bonchev–Trinajstić information content (AvgIpc) is 2.87. The fraction of sp³-hybridized carbons (Fsp3) is 0.667. The second-order valence-electron chi connectivity index (χ2n) is 6.59. The number of ether oxygens (including phenoxy) is 1. The number of imidazole rings is 1. The fourth-order valence-electron chi connectivity index (χ4n) is 2.72. The third-order valence-corrected chi connectivity index (χ3v) is 3.79. The van der Waals surface area contributed by atoms with Crippen molar-refractivity contribution in [2.24, 2.45) is 0 Å². The topological polar surface area (TPSA) is 81.4 Å². The van der Waals surface area contributed by atoms with Crippen molar-refractivity contribution < 1.29 is 19.4 Å². The van der Waals surface area contributed by atoms with Gasteiger partial charge in [-0.25, -0.2) is 14.3 Å². The molecule has 0 bridgehead atoms. The van der Waals surface area contributed by atoms with Crippen LogP contribution in [0, 0.1) is 0 Å². The first-order chi connectivity index (χ1) is 9.74. The van der Waals surface area contributed by atoms with Crippen LogP contribution in [0.1, 0.15) is 58.6 Å². The Balaban J connectivity index is 2.25. The van der Waals surface area contributed by atoms with Crippen LogP contribution in [0.5, 0.6) is 0 Å². The molecule has 1 fully saturated rings. The number of rotatable bonds is 2. The van der Waals surface area contributed by atoms with Gasteiger partial charge in [-0.05, 0) is 33.6 Å². The molecule has 0 aromatic carbocycles. The first kappa shape index (κ1) is 15.5. The van der Waals surface area contributed by atoms with E-state index in [1.54, 1.807) is 20.8 Å². The average molecular weight is 294 g/mol. The fourth-order valence-corrected chi connectivity index (χ4v) is 2.72. The van der Waals surface area contributed by atoms with Crippen molar-refractivity contribution in [1.82, 2.24) is 9.55 Å². The molecule has 21 heavy (non-hydrogen) atoms. The molecule has 1 aromatic heterocycles. The molecule has 1 N–H and O–H groups in total. The van der Waals surface area contributed by atoms with Gasteiger partial charge < -0.3 is 9.84 Å². The molecule has 1 aliphatic carbocycles. The monoisotopic (exact) mass is 294 g/mol. The number of carbonyl (C=O) groups excluding carboxylic acids is 1. The summed E-state index contributed by atoms with van der Waals surface area (Å²) in [7, 11) is 0. The van der Waals surface area contributed by atoms with E-state index < -0.39 is 23.1 Å². The van der Waals surface area contributed by atoms with Crippen molar-refractivity contribution in [1.29, 1.82) is 0 Å². The minimum Gasteiger partial charge on any atom is -0.481 e. The van der Waals surface area contributed by atoms with Crippen molar-refractivity contribution in [3.8, 4) is 0 Å².